The average molecular weight is 544 g/mol. The van der Waals surface area contributed by atoms with E-state index in [2.05, 4.69) is 10.2 Å². The van der Waals surface area contributed by atoms with Crippen LogP contribution in [0.1, 0.15) is 22.2 Å². The van der Waals surface area contributed by atoms with Crippen LogP contribution in [0.5, 0.6) is 5.75 Å². The van der Waals surface area contributed by atoms with Crippen molar-refractivity contribution in [3.63, 3.8) is 0 Å². The fourth-order valence-corrected chi connectivity index (χ4v) is 4.90. The summed E-state index contributed by atoms with van der Waals surface area (Å²) in [7, 11) is 0. The monoisotopic (exact) mass is 543 g/mol. The number of rotatable bonds is 10. The molecule has 1 atom stereocenters. The van der Waals surface area contributed by atoms with Gasteiger partial charge in [0.1, 0.15) is 29.2 Å². The Balaban J connectivity index is 1.54. The molecule has 0 amide bonds. The SMILES string of the molecule is Cc1nnc(S[C@H](C[N+](=O)[O-])c2ccc(OCc3ccc([N+](=O)[O-])cc3)c(Cl)c2)n1-c1ccc(F)cc1. The molecule has 0 unspecified atom stereocenters. The highest BCUT2D eigenvalue weighted by Gasteiger charge is 2.24. The minimum Gasteiger partial charge on any atom is -0.487 e. The molecule has 13 heteroatoms. The summed E-state index contributed by atoms with van der Waals surface area (Å²) < 4.78 is 20.8. The third kappa shape index (κ3) is 6.40. The Kier molecular flexibility index (Phi) is 7.99. The minimum absolute atomic E-state index is 0.0223. The van der Waals surface area contributed by atoms with Gasteiger partial charge in [0.25, 0.3) is 5.69 Å². The summed E-state index contributed by atoms with van der Waals surface area (Å²) in [5.41, 5.74) is 1.90. The number of aromatic nitrogens is 3. The predicted octanol–water partition coefficient (Wildman–Crippen LogP) is 5.97. The Bertz CT molecular complexity index is 1430. The maximum absolute atomic E-state index is 13.4. The van der Waals surface area contributed by atoms with Gasteiger partial charge in [-0.05, 0) is 66.6 Å². The topological polar surface area (TPSA) is 126 Å². The highest BCUT2D eigenvalue weighted by Crippen LogP contribution is 2.38. The second-order valence-electron chi connectivity index (χ2n) is 7.87. The summed E-state index contributed by atoms with van der Waals surface area (Å²) in [4.78, 5) is 21.4. The van der Waals surface area contributed by atoms with E-state index in [4.69, 9.17) is 16.3 Å². The first kappa shape index (κ1) is 26.0. The molecule has 1 aromatic heterocycles. The first-order valence-electron chi connectivity index (χ1n) is 10.8. The Labute approximate surface area is 219 Å². The van der Waals surface area contributed by atoms with E-state index in [1.807, 2.05) is 0 Å². The van der Waals surface area contributed by atoms with Crippen LogP contribution in [0.3, 0.4) is 0 Å². The first-order chi connectivity index (χ1) is 17.7. The van der Waals surface area contributed by atoms with Crippen molar-refractivity contribution in [2.75, 3.05) is 6.54 Å². The van der Waals surface area contributed by atoms with Crippen LogP contribution in [-0.2, 0) is 6.61 Å². The predicted molar refractivity (Wildman–Crippen MR) is 135 cm³/mol. The molecule has 0 saturated heterocycles. The zero-order valence-electron chi connectivity index (χ0n) is 19.3. The van der Waals surface area contributed by atoms with Gasteiger partial charge in [0.05, 0.1) is 9.95 Å². The molecule has 3 aromatic carbocycles. The molecule has 4 aromatic rings. The molecule has 37 heavy (non-hydrogen) atoms. The summed E-state index contributed by atoms with van der Waals surface area (Å²) in [5.74, 6) is 0.515. The van der Waals surface area contributed by atoms with Crippen molar-refractivity contribution in [2.45, 2.75) is 23.9 Å². The van der Waals surface area contributed by atoms with Crippen LogP contribution in [0.25, 0.3) is 5.69 Å². The van der Waals surface area contributed by atoms with Crippen LogP contribution in [0.2, 0.25) is 5.02 Å². The zero-order valence-corrected chi connectivity index (χ0v) is 20.9. The number of nitro benzene ring substituents is 1. The van der Waals surface area contributed by atoms with Crippen LogP contribution in [0.15, 0.2) is 71.9 Å². The fraction of sp³-hybridized carbons (Fsp3) is 0.167. The molecule has 1 heterocycles. The van der Waals surface area contributed by atoms with Crippen molar-refractivity contribution in [3.05, 3.63) is 115 Å². The standard InChI is InChI=1S/C24H19ClFN5O5S/c1-15-27-28-24(30(15)19-9-5-18(26)6-10-19)37-23(13-29(32)33)17-4-11-22(21(25)12-17)36-14-16-2-7-20(8-3-16)31(34)35/h2-12,23H,13-14H2,1H3/t23-/m1/s1. The lowest BCUT2D eigenvalue weighted by molar-refractivity contribution is -0.479. The summed E-state index contributed by atoms with van der Waals surface area (Å²) in [6.07, 6.45) is 0. The van der Waals surface area contributed by atoms with E-state index < -0.39 is 21.6 Å². The Morgan fingerprint density at radius 3 is 2.38 bits per heavy atom. The number of hydrogen-bond acceptors (Lipinski definition) is 8. The molecular weight excluding hydrogens is 525 g/mol. The highest BCUT2D eigenvalue weighted by atomic mass is 35.5. The van der Waals surface area contributed by atoms with Gasteiger partial charge in [-0.1, -0.05) is 29.4 Å². The summed E-state index contributed by atoms with van der Waals surface area (Å²) >= 11 is 7.57. The van der Waals surface area contributed by atoms with E-state index >= 15 is 0 Å². The van der Waals surface area contributed by atoms with Crippen molar-refractivity contribution in [1.82, 2.24) is 14.8 Å². The average Bonchev–Trinajstić information content (AvgIpc) is 3.23. The Morgan fingerprint density at radius 1 is 1.05 bits per heavy atom. The molecule has 0 aliphatic heterocycles. The van der Waals surface area contributed by atoms with Gasteiger partial charge in [-0.25, -0.2) is 4.39 Å². The molecule has 0 fully saturated rings. The lowest BCUT2D eigenvalue weighted by Gasteiger charge is -2.16. The van der Waals surface area contributed by atoms with E-state index in [9.17, 15) is 24.6 Å². The van der Waals surface area contributed by atoms with Crippen LogP contribution >= 0.6 is 23.4 Å². The van der Waals surface area contributed by atoms with E-state index in [0.717, 1.165) is 11.8 Å². The lowest BCUT2D eigenvalue weighted by Crippen LogP contribution is -2.11. The summed E-state index contributed by atoms with van der Waals surface area (Å²) in [6, 6.07) is 16.6. The number of halogens is 2. The quantitative estimate of drug-likeness (QED) is 0.136. The number of non-ortho nitro benzene ring substituents is 1. The number of nitrogens with zero attached hydrogens (tertiary/aromatic N) is 5. The molecule has 0 radical (unpaired) electrons. The number of aryl methyl sites for hydroxylation is 1. The molecule has 0 spiro atoms. The van der Waals surface area contributed by atoms with E-state index in [1.54, 1.807) is 54.0 Å². The van der Waals surface area contributed by atoms with Crippen LogP contribution in [0.4, 0.5) is 10.1 Å². The van der Waals surface area contributed by atoms with E-state index in [1.165, 1.54) is 24.3 Å². The van der Waals surface area contributed by atoms with E-state index in [0.29, 0.717) is 33.5 Å². The van der Waals surface area contributed by atoms with Crippen molar-refractivity contribution in [3.8, 4) is 11.4 Å². The molecule has 4 rings (SSSR count). The normalized spacial score (nSPS) is 11.8. The maximum atomic E-state index is 13.4. The van der Waals surface area contributed by atoms with Gasteiger partial charge in [0.15, 0.2) is 5.16 Å². The number of ether oxygens (including phenoxy) is 1. The summed E-state index contributed by atoms with van der Waals surface area (Å²) in [6.45, 7) is 1.46. The van der Waals surface area contributed by atoms with Gasteiger partial charge >= 0.3 is 0 Å². The number of thioether (sulfide) groups is 1. The molecule has 10 nitrogen and oxygen atoms in total. The van der Waals surface area contributed by atoms with Gasteiger partial charge in [-0.3, -0.25) is 24.8 Å². The highest BCUT2D eigenvalue weighted by molar-refractivity contribution is 7.99. The van der Waals surface area contributed by atoms with Gasteiger partial charge < -0.3 is 4.74 Å². The molecule has 0 N–H and O–H groups in total. The second kappa shape index (κ2) is 11.4. The number of nitro groups is 2. The molecule has 0 saturated carbocycles. The van der Waals surface area contributed by atoms with Gasteiger partial charge in [-0.15, -0.1) is 10.2 Å². The minimum atomic E-state index is -0.654. The molecule has 0 aliphatic rings. The van der Waals surface area contributed by atoms with Crippen LogP contribution < -0.4 is 4.74 Å². The summed E-state index contributed by atoms with van der Waals surface area (Å²) in [5, 5.41) is 30.5. The van der Waals surface area contributed by atoms with Crippen molar-refractivity contribution in [2.24, 2.45) is 0 Å². The fourth-order valence-electron chi connectivity index (χ4n) is 3.49. The Hall–Kier alpha value is -4.03. The first-order valence-corrected chi connectivity index (χ1v) is 12.1. The largest absolute Gasteiger partial charge is 0.487 e. The van der Waals surface area contributed by atoms with Crippen LogP contribution in [-0.4, -0.2) is 31.2 Å². The third-order valence-electron chi connectivity index (χ3n) is 5.31. The molecule has 0 bridgehead atoms. The second-order valence-corrected chi connectivity index (χ2v) is 9.44. The Morgan fingerprint density at radius 2 is 1.76 bits per heavy atom. The smallest absolute Gasteiger partial charge is 0.269 e. The molecule has 190 valence electrons. The van der Waals surface area contributed by atoms with Crippen molar-refractivity contribution >= 4 is 29.1 Å². The number of hydrogen-bond donors (Lipinski definition) is 0. The molecular formula is C24H19ClFN5O5S. The maximum Gasteiger partial charge on any atom is 0.269 e. The van der Waals surface area contributed by atoms with Crippen molar-refractivity contribution in [1.29, 1.82) is 0 Å². The molecule has 0 aliphatic carbocycles. The van der Waals surface area contributed by atoms with Gasteiger partial charge in [0, 0.05) is 22.7 Å². The van der Waals surface area contributed by atoms with Crippen molar-refractivity contribution < 1.29 is 19.0 Å². The lowest BCUT2D eigenvalue weighted by atomic mass is 10.1. The third-order valence-corrected chi connectivity index (χ3v) is 6.79. The zero-order chi connectivity index (χ0) is 26.5. The van der Waals surface area contributed by atoms with Gasteiger partial charge in [-0.2, -0.15) is 0 Å². The number of benzene rings is 3. The van der Waals surface area contributed by atoms with Gasteiger partial charge in [0.2, 0.25) is 6.54 Å². The van der Waals surface area contributed by atoms with Crippen LogP contribution in [0, 0.1) is 33.0 Å². The van der Waals surface area contributed by atoms with E-state index in [-0.39, 0.29) is 23.1 Å².